The van der Waals surface area contributed by atoms with E-state index in [1.807, 2.05) is 55.5 Å². The van der Waals surface area contributed by atoms with E-state index in [0.717, 1.165) is 20.9 Å². The van der Waals surface area contributed by atoms with Crippen LogP contribution in [-0.2, 0) is 4.79 Å². The van der Waals surface area contributed by atoms with Gasteiger partial charge in [0.2, 0.25) is 5.91 Å². The number of ether oxygens (including phenoxy) is 1. The van der Waals surface area contributed by atoms with Crippen molar-refractivity contribution in [2.75, 3.05) is 12.4 Å². The maximum absolute atomic E-state index is 12.3. The van der Waals surface area contributed by atoms with Crippen LogP contribution in [0.5, 0.6) is 5.75 Å². The molecular formula is C17H16N2O2S2. The number of amides is 1. The number of nitrogens with one attached hydrogen (secondary N) is 1. The number of anilines is 1. The molecule has 23 heavy (non-hydrogen) atoms. The minimum Gasteiger partial charge on any atom is -0.497 e. The van der Waals surface area contributed by atoms with Crippen LogP contribution in [0.2, 0.25) is 0 Å². The van der Waals surface area contributed by atoms with Crippen molar-refractivity contribution in [1.82, 2.24) is 4.98 Å². The number of methoxy groups -OCH3 is 1. The van der Waals surface area contributed by atoms with Crippen LogP contribution in [0.15, 0.2) is 53.4 Å². The van der Waals surface area contributed by atoms with Crippen LogP contribution in [-0.4, -0.2) is 23.3 Å². The molecule has 0 saturated heterocycles. The van der Waals surface area contributed by atoms with E-state index >= 15 is 0 Å². The Labute approximate surface area is 142 Å². The molecule has 1 N–H and O–H groups in total. The van der Waals surface area contributed by atoms with Gasteiger partial charge in [-0.3, -0.25) is 4.79 Å². The number of benzene rings is 2. The van der Waals surface area contributed by atoms with Crippen molar-refractivity contribution < 1.29 is 9.53 Å². The molecule has 6 heteroatoms. The van der Waals surface area contributed by atoms with E-state index in [-0.39, 0.29) is 11.2 Å². The van der Waals surface area contributed by atoms with E-state index in [1.54, 1.807) is 7.11 Å². The lowest BCUT2D eigenvalue weighted by Gasteiger charge is -2.10. The number of hydrogen-bond donors (Lipinski definition) is 1. The Bertz CT molecular complexity index is 818. The summed E-state index contributed by atoms with van der Waals surface area (Å²) < 4.78 is 6.19. The fraction of sp³-hybridized carbons (Fsp3) is 0.176. The van der Waals surface area contributed by atoms with Crippen molar-refractivity contribution >= 4 is 44.4 Å². The van der Waals surface area contributed by atoms with Gasteiger partial charge in [0.15, 0.2) is 5.13 Å². The number of fused-ring (bicyclic) bond motifs is 1. The lowest BCUT2D eigenvalue weighted by Crippen LogP contribution is -2.22. The number of thioether (sulfide) groups is 1. The first-order chi connectivity index (χ1) is 11.2. The Morgan fingerprint density at radius 2 is 2.04 bits per heavy atom. The van der Waals surface area contributed by atoms with Gasteiger partial charge in [0.05, 0.1) is 22.6 Å². The van der Waals surface area contributed by atoms with Crippen molar-refractivity contribution in [3.8, 4) is 5.75 Å². The van der Waals surface area contributed by atoms with Gasteiger partial charge in [-0.25, -0.2) is 4.98 Å². The van der Waals surface area contributed by atoms with Crippen molar-refractivity contribution in [2.24, 2.45) is 0 Å². The Balaban J connectivity index is 1.69. The van der Waals surface area contributed by atoms with Gasteiger partial charge in [-0.05, 0) is 37.3 Å². The van der Waals surface area contributed by atoms with Gasteiger partial charge in [-0.15, -0.1) is 11.8 Å². The van der Waals surface area contributed by atoms with Crippen LogP contribution in [0.3, 0.4) is 0 Å². The number of carbonyl (C=O) groups excluding carboxylic acids is 1. The topological polar surface area (TPSA) is 51.2 Å². The third-order valence-corrected chi connectivity index (χ3v) is 5.30. The summed E-state index contributed by atoms with van der Waals surface area (Å²) in [6.45, 7) is 1.89. The first-order valence-electron chi connectivity index (χ1n) is 7.13. The largest absolute Gasteiger partial charge is 0.497 e. The average Bonchev–Trinajstić information content (AvgIpc) is 2.96. The summed E-state index contributed by atoms with van der Waals surface area (Å²) in [6.07, 6.45) is 0. The quantitative estimate of drug-likeness (QED) is 0.696. The first kappa shape index (κ1) is 15.8. The van der Waals surface area contributed by atoms with Crippen molar-refractivity contribution in [3.63, 3.8) is 0 Å². The van der Waals surface area contributed by atoms with Gasteiger partial charge in [0.1, 0.15) is 5.75 Å². The van der Waals surface area contributed by atoms with Crippen LogP contribution in [0.1, 0.15) is 6.92 Å². The Morgan fingerprint density at radius 1 is 1.26 bits per heavy atom. The lowest BCUT2D eigenvalue weighted by atomic mass is 10.3. The summed E-state index contributed by atoms with van der Waals surface area (Å²) in [7, 11) is 1.63. The van der Waals surface area contributed by atoms with Gasteiger partial charge in [-0.2, -0.15) is 0 Å². The first-order valence-corrected chi connectivity index (χ1v) is 8.82. The maximum atomic E-state index is 12.3. The number of carbonyl (C=O) groups is 1. The monoisotopic (exact) mass is 344 g/mol. The van der Waals surface area contributed by atoms with Gasteiger partial charge in [-0.1, -0.05) is 29.5 Å². The predicted octanol–water partition coefficient (Wildman–Crippen LogP) is 4.42. The second-order valence-electron chi connectivity index (χ2n) is 4.92. The molecule has 118 valence electrons. The van der Waals surface area contributed by atoms with E-state index in [0.29, 0.717) is 5.13 Å². The molecule has 1 atom stereocenters. The van der Waals surface area contributed by atoms with E-state index in [4.69, 9.17) is 4.74 Å². The highest BCUT2D eigenvalue weighted by molar-refractivity contribution is 8.00. The second-order valence-corrected chi connectivity index (χ2v) is 7.36. The lowest BCUT2D eigenvalue weighted by molar-refractivity contribution is -0.115. The SMILES string of the molecule is COc1ccc2nc(NC(=O)[C@H](C)Sc3ccccc3)sc2c1. The van der Waals surface area contributed by atoms with Crippen molar-refractivity contribution in [3.05, 3.63) is 48.5 Å². The number of nitrogens with zero attached hydrogens (tertiary/aromatic N) is 1. The van der Waals surface area contributed by atoms with Crippen molar-refractivity contribution in [1.29, 1.82) is 0 Å². The average molecular weight is 344 g/mol. The summed E-state index contributed by atoms with van der Waals surface area (Å²) in [5.74, 6) is 0.733. The molecule has 0 aliphatic carbocycles. The van der Waals surface area contributed by atoms with Gasteiger partial charge in [0.25, 0.3) is 0 Å². The van der Waals surface area contributed by atoms with E-state index < -0.39 is 0 Å². The minimum atomic E-state index is -0.195. The molecule has 0 radical (unpaired) electrons. The number of aromatic nitrogens is 1. The molecule has 1 amide bonds. The van der Waals surface area contributed by atoms with E-state index in [2.05, 4.69) is 10.3 Å². The minimum absolute atomic E-state index is 0.0510. The summed E-state index contributed by atoms with van der Waals surface area (Å²) >= 11 is 2.98. The van der Waals surface area contributed by atoms with Crippen LogP contribution in [0.25, 0.3) is 10.2 Å². The molecule has 0 aliphatic rings. The standard InChI is InChI=1S/C17H16N2O2S2/c1-11(22-13-6-4-3-5-7-13)16(20)19-17-18-14-9-8-12(21-2)10-15(14)23-17/h3-11H,1-2H3,(H,18,19,20)/t11-/m0/s1. The normalized spacial score (nSPS) is 12.1. The second kappa shape index (κ2) is 7.02. The van der Waals surface area contributed by atoms with Gasteiger partial charge in [0, 0.05) is 4.90 Å². The highest BCUT2D eigenvalue weighted by atomic mass is 32.2. The zero-order valence-corrected chi connectivity index (χ0v) is 14.4. The third kappa shape index (κ3) is 3.83. The third-order valence-electron chi connectivity index (χ3n) is 3.25. The maximum Gasteiger partial charge on any atom is 0.239 e. The summed E-state index contributed by atoms with van der Waals surface area (Å²) in [5, 5.41) is 3.31. The number of hydrogen-bond acceptors (Lipinski definition) is 5. The van der Waals surface area contributed by atoms with Gasteiger partial charge < -0.3 is 10.1 Å². The van der Waals surface area contributed by atoms with E-state index in [1.165, 1.54) is 23.1 Å². The zero-order valence-electron chi connectivity index (χ0n) is 12.8. The number of rotatable bonds is 5. The van der Waals surface area contributed by atoms with Crippen LogP contribution in [0, 0.1) is 0 Å². The Morgan fingerprint density at radius 3 is 2.78 bits per heavy atom. The molecule has 3 rings (SSSR count). The zero-order chi connectivity index (χ0) is 16.2. The molecule has 0 fully saturated rings. The highest BCUT2D eigenvalue weighted by Crippen LogP contribution is 2.30. The molecule has 0 spiro atoms. The molecule has 0 unspecified atom stereocenters. The van der Waals surface area contributed by atoms with Crippen LogP contribution in [0.4, 0.5) is 5.13 Å². The highest BCUT2D eigenvalue weighted by Gasteiger charge is 2.16. The van der Waals surface area contributed by atoms with Crippen LogP contribution < -0.4 is 10.1 Å². The fourth-order valence-corrected chi connectivity index (χ4v) is 3.83. The molecule has 2 aromatic carbocycles. The molecule has 0 aliphatic heterocycles. The molecule has 1 heterocycles. The smallest absolute Gasteiger partial charge is 0.239 e. The molecular weight excluding hydrogens is 328 g/mol. The summed E-state index contributed by atoms with van der Waals surface area (Å²) in [6, 6.07) is 15.6. The Hall–Kier alpha value is -2.05. The summed E-state index contributed by atoms with van der Waals surface area (Å²) in [5.41, 5.74) is 0.856. The molecule has 4 nitrogen and oxygen atoms in total. The molecule has 0 saturated carbocycles. The van der Waals surface area contributed by atoms with Crippen LogP contribution >= 0.6 is 23.1 Å². The van der Waals surface area contributed by atoms with E-state index in [9.17, 15) is 4.79 Å². The van der Waals surface area contributed by atoms with Gasteiger partial charge >= 0.3 is 0 Å². The molecule has 1 aromatic heterocycles. The Kier molecular flexibility index (Phi) is 4.83. The molecule has 3 aromatic rings. The fourth-order valence-electron chi connectivity index (χ4n) is 2.05. The predicted molar refractivity (Wildman–Crippen MR) is 96.6 cm³/mol. The number of thiazole rings is 1. The summed E-state index contributed by atoms with van der Waals surface area (Å²) in [4.78, 5) is 17.8. The van der Waals surface area contributed by atoms with Crippen molar-refractivity contribution in [2.45, 2.75) is 17.1 Å². The molecule has 0 bridgehead atoms.